The Morgan fingerprint density at radius 3 is 3.14 bits per heavy atom. The van der Waals surface area contributed by atoms with Crippen LogP contribution in [0.4, 0.5) is 11.4 Å². The number of nitrogen functional groups attached to an aromatic ring is 1. The van der Waals surface area contributed by atoms with Crippen LogP contribution in [0.15, 0.2) is 18.2 Å². The van der Waals surface area contributed by atoms with E-state index in [0.29, 0.717) is 31.9 Å². The van der Waals surface area contributed by atoms with Crippen LogP contribution in [0.5, 0.6) is 5.75 Å². The zero-order chi connectivity index (χ0) is 14.7. The number of nitrogens with two attached hydrogens (primary N) is 1. The number of carbonyl (C=O) groups excluding carboxylic acids is 1. The van der Waals surface area contributed by atoms with Gasteiger partial charge in [-0.2, -0.15) is 0 Å². The molecule has 1 aromatic carbocycles. The second-order valence-electron chi connectivity index (χ2n) is 5.44. The quantitative estimate of drug-likeness (QED) is 0.801. The summed E-state index contributed by atoms with van der Waals surface area (Å²) in [4.78, 5) is 14.1. The highest BCUT2D eigenvalue weighted by atomic mass is 16.5. The number of benzene rings is 1. The number of nitrogens with one attached hydrogen (secondary N) is 1. The van der Waals surface area contributed by atoms with Crippen LogP contribution in [0.1, 0.15) is 12.8 Å². The van der Waals surface area contributed by atoms with Crippen LogP contribution in [0.2, 0.25) is 0 Å². The molecule has 3 rings (SSSR count). The lowest BCUT2D eigenvalue weighted by molar-refractivity contribution is -0.120. The van der Waals surface area contributed by atoms with Gasteiger partial charge < -0.3 is 25.4 Å². The fourth-order valence-electron chi connectivity index (χ4n) is 2.72. The zero-order valence-corrected chi connectivity index (χ0v) is 12.0. The summed E-state index contributed by atoms with van der Waals surface area (Å²) in [5.74, 6) is 0.753. The normalized spacial score (nSPS) is 20.8. The highest BCUT2D eigenvalue weighted by molar-refractivity contribution is 5.82. The molecule has 1 aromatic rings. The van der Waals surface area contributed by atoms with Gasteiger partial charge in [0, 0.05) is 24.9 Å². The highest BCUT2D eigenvalue weighted by Gasteiger charge is 2.21. The van der Waals surface area contributed by atoms with Crippen LogP contribution in [-0.2, 0) is 9.53 Å². The maximum atomic E-state index is 12.1. The molecule has 21 heavy (non-hydrogen) atoms. The summed E-state index contributed by atoms with van der Waals surface area (Å²) < 4.78 is 11.1. The first-order valence-electron chi connectivity index (χ1n) is 7.38. The fourth-order valence-corrected chi connectivity index (χ4v) is 2.72. The Balaban J connectivity index is 1.56. The summed E-state index contributed by atoms with van der Waals surface area (Å²) in [5.41, 5.74) is 7.34. The van der Waals surface area contributed by atoms with E-state index in [1.165, 1.54) is 0 Å². The number of carbonyl (C=O) groups is 1. The number of ether oxygens (including phenoxy) is 2. The van der Waals surface area contributed by atoms with Gasteiger partial charge in [0.05, 0.1) is 24.9 Å². The van der Waals surface area contributed by atoms with Crippen molar-refractivity contribution in [1.29, 1.82) is 0 Å². The average molecular weight is 291 g/mol. The van der Waals surface area contributed by atoms with Gasteiger partial charge >= 0.3 is 0 Å². The average Bonchev–Trinajstić information content (AvgIpc) is 2.98. The molecule has 2 heterocycles. The van der Waals surface area contributed by atoms with Crippen LogP contribution < -0.4 is 20.7 Å². The Morgan fingerprint density at radius 1 is 1.43 bits per heavy atom. The van der Waals surface area contributed by atoms with E-state index >= 15 is 0 Å². The third-order valence-corrected chi connectivity index (χ3v) is 3.83. The molecular weight excluding hydrogens is 270 g/mol. The van der Waals surface area contributed by atoms with Gasteiger partial charge in [0.2, 0.25) is 5.91 Å². The van der Waals surface area contributed by atoms with E-state index in [2.05, 4.69) is 5.32 Å². The number of hydrogen-bond donors (Lipinski definition) is 2. The number of anilines is 2. The first kappa shape index (κ1) is 14.0. The topological polar surface area (TPSA) is 76.8 Å². The molecule has 2 aliphatic rings. The Bertz CT molecular complexity index is 515. The Labute approximate surface area is 124 Å². The minimum Gasteiger partial charge on any atom is -0.489 e. The van der Waals surface area contributed by atoms with Gasteiger partial charge in [-0.25, -0.2) is 0 Å². The van der Waals surface area contributed by atoms with E-state index in [-0.39, 0.29) is 12.0 Å². The lowest BCUT2D eigenvalue weighted by Gasteiger charge is -2.30. The van der Waals surface area contributed by atoms with E-state index in [0.717, 1.165) is 30.9 Å². The van der Waals surface area contributed by atoms with Crippen molar-refractivity contribution in [2.24, 2.45) is 0 Å². The molecule has 2 aliphatic heterocycles. The van der Waals surface area contributed by atoms with Crippen LogP contribution in [0.25, 0.3) is 0 Å². The number of fused-ring (bicyclic) bond motifs is 1. The molecule has 6 heteroatoms. The molecule has 0 aromatic heterocycles. The Hall–Kier alpha value is -1.95. The molecule has 1 atom stereocenters. The summed E-state index contributed by atoms with van der Waals surface area (Å²) in [6.45, 7) is 2.99. The molecule has 3 N–H and O–H groups in total. The van der Waals surface area contributed by atoms with Gasteiger partial charge in [-0.05, 0) is 25.0 Å². The predicted octanol–water partition coefficient (Wildman–Crippen LogP) is 0.763. The zero-order valence-electron chi connectivity index (χ0n) is 12.0. The molecule has 1 unspecified atom stereocenters. The van der Waals surface area contributed by atoms with Crippen molar-refractivity contribution in [3.8, 4) is 5.75 Å². The third kappa shape index (κ3) is 3.39. The summed E-state index contributed by atoms with van der Waals surface area (Å²) >= 11 is 0. The monoisotopic (exact) mass is 291 g/mol. The molecule has 0 aliphatic carbocycles. The molecule has 0 bridgehead atoms. The van der Waals surface area contributed by atoms with E-state index in [9.17, 15) is 4.79 Å². The van der Waals surface area contributed by atoms with Gasteiger partial charge in [0.25, 0.3) is 0 Å². The molecule has 114 valence electrons. The molecule has 1 fully saturated rings. The van der Waals surface area contributed by atoms with Crippen molar-refractivity contribution in [2.45, 2.75) is 18.9 Å². The minimum atomic E-state index is 0.00942. The van der Waals surface area contributed by atoms with Crippen LogP contribution >= 0.6 is 0 Å². The first-order chi connectivity index (χ1) is 10.2. The minimum absolute atomic E-state index is 0.00942. The lowest BCUT2D eigenvalue weighted by Crippen LogP contribution is -2.43. The Kier molecular flexibility index (Phi) is 4.15. The summed E-state index contributed by atoms with van der Waals surface area (Å²) in [5, 5.41) is 2.94. The third-order valence-electron chi connectivity index (χ3n) is 3.83. The summed E-state index contributed by atoms with van der Waals surface area (Å²) in [6, 6.07) is 5.52. The second kappa shape index (κ2) is 6.22. The number of rotatable bonds is 4. The van der Waals surface area contributed by atoms with Crippen molar-refractivity contribution in [1.82, 2.24) is 5.32 Å². The predicted molar refractivity (Wildman–Crippen MR) is 80.5 cm³/mol. The SMILES string of the molecule is Nc1ccc2c(c1)OCCN2CC(=O)NCC1CCCO1. The van der Waals surface area contributed by atoms with Crippen molar-refractivity contribution < 1.29 is 14.3 Å². The number of amides is 1. The van der Waals surface area contributed by atoms with Crippen molar-refractivity contribution >= 4 is 17.3 Å². The van der Waals surface area contributed by atoms with E-state index in [4.69, 9.17) is 15.2 Å². The summed E-state index contributed by atoms with van der Waals surface area (Å²) in [7, 11) is 0. The molecule has 0 saturated carbocycles. The number of hydrogen-bond acceptors (Lipinski definition) is 5. The van der Waals surface area contributed by atoms with Crippen LogP contribution in [-0.4, -0.2) is 44.9 Å². The smallest absolute Gasteiger partial charge is 0.239 e. The molecule has 6 nitrogen and oxygen atoms in total. The maximum Gasteiger partial charge on any atom is 0.239 e. The lowest BCUT2D eigenvalue weighted by atomic mass is 10.2. The van der Waals surface area contributed by atoms with E-state index in [1.807, 2.05) is 17.0 Å². The van der Waals surface area contributed by atoms with Gasteiger partial charge in [-0.3, -0.25) is 4.79 Å². The highest BCUT2D eigenvalue weighted by Crippen LogP contribution is 2.32. The molecular formula is C15H21N3O3. The van der Waals surface area contributed by atoms with Crippen LogP contribution in [0, 0.1) is 0 Å². The van der Waals surface area contributed by atoms with Crippen LogP contribution in [0.3, 0.4) is 0 Å². The fraction of sp³-hybridized carbons (Fsp3) is 0.533. The summed E-state index contributed by atoms with van der Waals surface area (Å²) in [6.07, 6.45) is 2.28. The van der Waals surface area contributed by atoms with Gasteiger partial charge in [-0.15, -0.1) is 0 Å². The Morgan fingerprint density at radius 2 is 2.33 bits per heavy atom. The van der Waals surface area contributed by atoms with Gasteiger partial charge in [0.1, 0.15) is 12.4 Å². The standard InChI is InChI=1S/C15H21N3O3/c16-11-3-4-13-14(8-11)21-7-5-18(13)10-15(19)17-9-12-2-1-6-20-12/h3-4,8,12H,1-2,5-7,9-10,16H2,(H,17,19). The van der Waals surface area contributed by atoms with Gasteiger partial charge in [0.15, 0.2) is 0 Å². The number of nitrogens with zero attached hydrogens (tertiary/aromatic N) is 1. The van der Waals surface area contributed by atoms with Crippen molar-refractivity contribution in [2.75, 3.05) is 43.5 Å². The maximum absolute atomic E-state index is 12.1. The first-order valence-corrected chi connectivity index (χ1v) is 7.38. The molecule has 1 saturated heterocycles. The van der Waals surface area contributed by atoms with E-state index < -0.39 is 0 Å². The van der Waals surface area contributed by atoms with Crippen molar-refractivity contribution in [3.63, 3.8) is 0 Å². The van der Waals surface area contributed by atoms with E-state index in [1.54, 1.807) is 6.07 Å². The van der Waals surface area contributed by atoms with Crippen molar-refractivity contribution in [3.05, 3.63) is 18.2 Å². The molecule has 0 radical (unpaired) electrons. The molecule has 0 spiro atoms. The molecule has 1 amide bonds. The van der Waals surface area contributed by atoms with Gasteiger partial charge in [-0.1, -0.05) is 0 Å². The second-order valence-corrected chi connectivity index (χ2v) is 5.44. The largest absolute Gasteiger partial charge is 0.489 e.